The highest BCUT2D eigenvalue weighted by Crippen LogP contribution is 2.23. The molecule has 2 aromatic carbocycles. The quantitative estimate of drug-likeness (QED) is 0.764. The highest BCUT2D eigenvalue weighted by Gasteiger charge is 2.17. The average Bonchev–Trinajstić information content (AvgIpc) is 2.58. The Bertz CT molecular complexity index is 764. The fraction of sp³-hybridized carbons (Fsp3) is 0.400. The van der Waals surface area contributed by atoms with Gasteiger partial charge < -0.3 is 4.90 Å². The molecule has 0 aliphatic rings. The largest absolute Gasteiger partial charge is 0.375 e. The summed E-state index contributed by atoms with van der Waals surface area (Å²) in [6.45, 7) is 7.53. The van der Waals surface area contributed by atoms with Crippen molar-refractivity contribution >= 4 is 15.7 Å². The van der Waals surface area contributed by atoms with Gasteiger partial charge in [-0.3, -0.25) is 0 Å². The maximum atomic E-state index is 12.4. The average molecular weight is 361 g/mol. The van der Waals surface area contributed by atoms with E-state index in [-0.39, 0.29) is 5.41 Å². The molecule has 0 aliphatic carbocycles. The Hall–Kier alpha value is -1.85. The summed E-state index contributed by atoms with van der Waals surface area (Å²) in [5.74, 6) is 0. The first kappa shape index (κ1) is 19.5. The molecule has 0 unspecified atom stereocenters. The Balaban J connectivity index is 1.87. The molecule has 2 rings (SSSR count). The first-order valence-electron chi connectivity index (χ1n) is 8.56. The van der Waals surface area contributed by atoms with Crippen LogP contribution in [-0.2, 0) is 15.4 Å². The van der Waals surface area contributed by atoms with Crippen LogP contribution in [0.3, 0.4) is 0 Å². The fourth-order valence-corrected chi connectivity index (χ4v) is 3.63. The Labute approximate surface area is 151 Å². The molecule has 2 aromatic rings. The van der Waals surface area contributed by atoms with Gasteiger partial charge in [0.1, 0.15) is 0 Å². The molecule has 0 aromatic heterocycles. The Morgan fingerprint density at radius 2 is 1.56 bits per heavy atom. The van der Waals surface area contributed by atoms with Crippen LogP contribution in [0.25, 0.3) is 0 Å². The predicted octanol–water partition coefficient (Wildman–Crippen LogP) is 3.79. The van der Waals surface area contributed by atoms with Gasteiger partial charge in [-0.1, -0.05) is 51.1 Å². The van der Waals surface area contributed by atoms with Crippen LogP contribution < -0.4 is 9.62 Å². The Morgan fingerprint density at radius 1 is 0.960 bits per heavy atom. The first-order chi connectivity index (χ1) is 11.7. The molecule has 4 nitrogen and oxygen atoms in total. The third kappa shape index (κ3) is 5.58. The van der Waals surface area contributed by atoms with E-state index in [0.717, 1.165) is 24.2 Å². The van der Waals surface area contributed by atoms with Gasteiger partial charge in [-0.05, 0) is 41.7 Å². The van der Waals surface area contributed by atoms with Gasteiger partial charge in [-0.25, -0.2) is 13.1 Å². The predicted molar refractivity (Wildman–Crippen MR) is 105 cm³/mol. The van der Waals surface area contributed by atoms with E-state index >= 15 is 0 Å². The molecule has 0 saturated heterocycles. The lowest BCUT2D eigenvalue weighted by Gasteiger charge is -2.20. The first-order valence-corrected chi connectivity index (χ1v) is 10.0. The molecule has 0 saturated carbocycles. The van der Waals surface area contributed by atoms with Crippen molar-refractivity contribution in [3.63, 3.8) is 0 Å². The van der Waals surface area contributed by atoms with Crippen LogP contribution in [0, 0.1) is 0 Å². The normalized spacial score (nSPS) is 12.2. The van der Waals surface area contributed by atoms with Crippen LogP contribution in [0.4, 0.5) is 5.69 Å². The van der Waals surface area contributed by atoms with Crippen molar-refractivity contribution < 1.29 is 8.42 Å². The zero-order valence-corrected chi connectivity index (χ0v) is 16.3. The van der Waals surface area contributed by atoms with Crippen LogP contribution >= 0.6 is 0 Å². The summed E-state index contributed by atoms with van der Waals surface area (Å²) in [5.41, 5.74) is 2.26. The highest BCUT2D eigenvalue weighted by molar-refractivity contribution is 7.89. The van der Waals surface area contributed by atoms with E-state index in [9.17, 15) is 8.42 Å². The second-order valence-corrected chi connectivity index (χ2v) is 9.05. The fourth-order valence-electron chi connectivity index (χ4n) is 2.55. The molecule has 0 spiro atoms. The number of hydrogen-bond donors (Lipinski definition) is 1. The number of hydrogen-bond acceptors (Lipinski definition) is 3. The Kier molecular flexibility index (Phi) is 6.25. The van der Waals surface area contributed by atoms with Crippen molar-refractivity contribution in [2.45, 2.75) is 37.5 Å². The maximum Gasteiger partial charge on any atom is 0.240 e. The van der Waals surface area contributed by atoms with Crippen molar-refractivity contribution in [1.82, 2.24) is 4.72 Å². The molecule has 0 atom stereocenters. The number of anilines is 1. The van der Waals surface area contributed by atoms with Gasteiger partial charge >= 0.3 is 0 Å². The highest BCUT2D eigenvalue weighted by atomic mass is 32.2. The molecule has 0 aliphatic heterocycles. The van der Waals surface area contributed by atoms with E-state index in [4.69, 9.17) is 0 Å². The lowest BCUT2D eigenvalue weighted by molar-refractivity contribution is 0.576. The van der Waals surface area contributed by atoms with Gasteiger partial charge in [0.25, 0.3) is 0 Å². The van der Waals surface area contributed by atoms with Gasteiger partial charge in [-0.15, -0.1) is 0 Å². The summed E-state index contributed by atoms with van der Waals surface area (Å²) in [5, 5.41) is 0. The molecule has 0 heterocycles. The minimum absolute atomic E-state index is 0.0117. The molecule has 0 fully saturated rings. The molecule has 0 radical (unpaired) electrons. The van der Waals surface area contributed by atoms with E-state index in [1.807, 2.05) is 49.5 Å². The van der Waals surface area contributed by atoms with Crippen LogP contribution in [0.1, 0.15) is 32.8 Å². The summed E-state index contributed by atoms with van der Waals surface area (Å²) in [6.07, 6.45) is 0.741. The van der Waals surface area contributed by atoms with Crippen LogP contribution in [0.2, 0.25) is 0 Å². The minimum atomic E-state index is -3.45. The minimum Gasteiger partial charge on any atom is -0.375 e. The SMILES string of the molecule is CN(CCCNS(=O)(=O)c1ccc(C(C)(C)C)cc1)c1ccccc1. The maximum absolute atomic E-state index is 12.4. The summed E-state index contributed by atoms with van der Waals surface area (Å²) in [7, 11) is -1.44. The third-order valence-electron chi connectivity index (χ3n) is 4.19. The second kappa shape index (κ2) is 8.02. The van der Waals surface area contributed by atoms with E-state index in [0.29, 0.717) is 11.4 Å². The number of nitrogens with one attached hydrogen (secondary N) is 1. The lowest BCUT2D eigenvalue weighted by atomic mass is 9.87. The number of rotatable bonds is 7. The molecular weight excluding hydrogens is 332 g/mol. The third-order valence-corrected chi connectivity index (χ3v) is 5.67. The van der Waals surface area contributed by atoms with Gasteiger partial charge in [0.05, 0.1) is 4.90 Å². The molecule has 136 valence electrons. The van der Waals surface area contributed by atoms with E-state index in [1.54, 1.807) is 12.1 Å². The van der Waals surface area contributed by atoms with Crippen molar-refractivity contribution in [2.24, 2.45) is 0 Å². The van der Waals surface area contributed by atoms with Crippen LogP contribution in [-0.4, -0.2) is 28.6 Å². The second-order valence-electron chi connectivity index (χ2n) is 7.28. The number of sulfonamides is 1. The number of benzene rings is 2. The molecular formula is C20H28N2O2S. The summed E-state index contributed by atoms with van der Waals surface area (Å²) >= 11 is 0. The Morgan fingerprint density at radius 3 is 2.12 bits per heavy atom. The van der Waals surface area contributed by atoms with Crippen molar-refractivity contribution in [2.75, 3.05) is 25.0 Å². The van der Waals surface area contributed by atoms with E-state index in [1.165, 1.54) is 0 Å². The lowest BCUT2D eigenvalue weighted by Crippen LogP contribution is -2.28. The summed E-state index contributed by atoms with van der Waals surface area (Å²) in [6, 6.07) is 17.2. The molecule has 1 N–H and O–H groups in total. The zero-order valence-electron chi connectivity index (χ0n) is 15.5. The molecule has 25 heavy (non-hydrogen) atoms. The smallest absolute Gasteiger partial charge is 0.240 e. The summed E-state index contributed by atoms with van der Waals surface area (Å²) in [4.78, 5) is 2.43. The topological polar surface area (TPSA) is 49.4 Å². The van der Waals surface area contributed by atoms with Gasteiger partial charge in [0.2, 0.25) is 10.0 Å². The van der Waals surface area contributed by atoms with E-state index in [2.05, 4.69) is 30.4 Å². The zero-order chi connectivity index (χ0) is 18.5. The van der Waals surface area contributed by atoms with Gasteiger partial charge in [0.15, 0.2) is 0 Å². The number of para-hydroxylation sites is 1. The van der Waals surface area contributed by atoms with Crippen molar-refractivity contribution in [3.05, 3.63) is 60.2 Å². The monoisotopic (exact) mass is 360 g/mol. The molecule has 0 amide bonds. The standard InChI is InChI=1S/C20H28N2O2S/c1-20(2,3)17-11-13-19(14-12-17)25(23,24)21-15-8-16-22(4)18-9-6-5-7-10-18/h5-7,9-14,21H,8,15-16H2,1-4H3. The molecule has 5 heteroatoms. The van der Waals surface area contributed by atoms with Crippen molar-refractivity contribution in [1.29, 1.82) is 0 Å². The summed E-state index contributed by atoms with van der Waals surface area (Å²) < 4.78 is 27.5. The van der Waals surface area contributed by atoms with Gasteiger partial charge in [0, 0.05) is 25.8 Å². The molecule has 0 bridgehead atoms. The number of nitrogens with zero attached hydrogens (tertiary/aromatic N) is 1. The van der Waals surface area contributed by atoms with E-state index < -0.39 is 10.0 Å². The van der Waals surface area contributed by atoms with Crippen molar-refractivity contribution in [3.8, 4) is 0 Å². The van der Waals surface area contributed by atoms with Gasteiger partial charge in [-0.2, -0.15) is 0 Å². The van der Waals surface area contributed by atoms with Crippen LogP contribution in [0.15, 0.2) is 59.5 Å². The van der Waals surface area contributed by atoms with Crippen LogP contribution in [0.5, 0.6) is 0 Å².